The van der Waals surface area contributed by atoms with Crippen molar-refractivity contribution in [2.24, 2.45) is 0 Å². The summed E-state index contributed by atoms with van der Waals surface area (Å²) in [6.07, 6.45) is 11.0. The standard InChI is InChI=1S/C19H16N2/c1-3-9-15(10-4-1)18-19(16-11-5-2-6-12-16)21-14-8-7-13-17(21)20-18/h2-3,5-14H,1,4H2. The highest BCUT2D eigenvalue weighted by Crippen LogP contribution is 2.32. The normalized spacial score (nSPS) is 14.4. The van der Waals surface area contributed by atoms with Crippen molar-refractivity contribution in [1.82, 2.24) is 9.38 Å². The molecule has 102 valence electrons. The monoisotopic (exact) mass is 272 g/mol. The lowest BCUT2D eigenvalue weighted by atomic mass is 10.0. The second-order valence-electron chi connectivity index (χ2n) is 5.24. The average molecular weight is 272 g/mol. The first-order chi connectivity index (χ1) is 10.4. The molecule has 0 radical (unpaired) electrons. The minimum atomic E-state index is 0.992. The highest BCUT2D eigenvalue weighted by Gasteiger charge is 2.16. The molecular formula is C19H16N2. The van der Waals surface area contributed by atoms with Gasteiger partial charge in [0.2, 0.25) is 0 Å². The molecule has 1 aliphatic rings. The fourth-order valence-corrected chi connectivity index (χ4v) is 2.86. The van der Waals surface area contributed by atoms with E-state index in [1.54, 1.807) is 0 Å². The van der Waals surface area contributed by atoms with Gasteiger partial charge in [0.25, 0.3) is 0 Å². The molecule has 4 rings (SSSR count). The summed E-state index contributed by atoms with van der Waals surface area (Å²) in [4.78, 5) is 4.86. The molecule has 0 bridgehead atoms. The molecule has 2 aromatic heterocycles. The van der Waals surface area contributed by atoms with Gasteiger partial charge < -0.3 is 0 Å². The van der Waals surface area contributed by atoms with Gasteiger partial charge in [-0.3, -0.25) is 4.40 Å². The summed E-state index contributed by atoms with van der Waals surface area (Å²) in [7, 11) is 0. The van der Waals surface area contributed by atoms with Gasteiger partial charge in [0.05, 0.1) is 11.4 Å². The van der Waals surface area contributed by atoms with Crippen LogP contribution in [0.2, 0.25) is 0 Å². The summed E-state index contributed by atoms with van der Waals surface area (Å²) in [5.41, 5.74) is 5.66. The van der Waals surface area contributed by atoms with Crippen LogP contribution in [0.3, 0.4) is 0 Å². The Morgan fingerprint density at radius 3 is 2.57 bits per heavy atom. The molecule has 0 unspecified atom stereocenters. The first-order valence-electron chi connectivity index (χ1n) is 7.33. The predicted molar refractivity (Wildman–Crippen MR) is 87.0 cm³/mol. The maximum Gasteiger partial charge on any atom is 0.137 e. The molecule has 0 N–H and O–H groups in total. The summed E-state index contributed by atoms with van der Waals surface area (Å²) in [6, 6.07) is 16.6. The fourth-order valence-electron chi connectivity index (χ4n) is 2.86. The molecule has 0 spiro atoms. The fraction of sp³-hybridized carbons (Fsp3) is 0.105. The van der Waals surface area contributed by atoms with Gasteiger partial charge in [0.15, 0.2) is 0 Å². The number of aromatic nitrogens is 2. The van der Waals surface area contributed by atoms with Crippen molar-refractivity contribution in [2.75, 3.05) is 0 Å². The van der Waals surface area contributed by atoms with Gasteiger partial charge in [-0.05, 0) is 30.5 Å². The predicted octanol–water partition coefficient (Wildman–Crippen LogP) is 4.73. The topological polar surface area (TPSA) is 17.3 Å². The zero-order chi connectivity index (χ0) is 14.1. The summed E-state index contributed by atoms with van der Waals surface area (Å²) >= 11 is 0. The third-order valence-corrected chi connectivity index (χ3v) is 3.85. The van der Waals surface area contributed by atoms with Gasteiger partial charge in [-0.25, -0.2) is 4.98 Å². The summed E-state index contributed by atoms with van der Waals surface area (Å²) < 4.78 is 2.17. The van der Waals surface area contributed by atoms with Crippen molar-refractivity contribution >= 4 is 11.2 Å². The third-order valence-electron chi connectivity index (χ3n) is 3.85. The van der Waals surface area contributed by atoms with Crippen LogP contribution in [0.15, 0.2) is 73.0 Å². The molecule has 1 aliphatic carbocycles. The van der Waals surface area contributed by atoms with E-state index in [1.165, 1.54) is 16.8 Å². The largest absolute Gasteiger partial charge is 0.299 e. The van der Waals surface area contributed by atoms with E-state index in [2.05, 4.69) is 65.2 Å². The van der Waals surface area contributed by atoms with Crippen LogP contribution < -0.4 is 0 Å². The molecule has 2 heteroatoms. The van der Waals surface area contributed by atoms with Crippen molar-refractivity contribution in [1.29, 1.82) is 0 Å². The van der Waals surface area contributed by atoms with Crippen LogP contribution in [-0.2, 0) is 0 Å². The van der Waals surface area contributed by atoms with Gasteiger partial charge in [-0.15, -0.1) is 0 Å². The summed E-state index contributed by atoms with van der Waals surface area (Å²) in [5.74, 6) is 0. The number of hydrogen-bond donors (Lipinski definition) is 0. The van der Waals surface area contributed by atoms with E-state index in [9.17, 15) is 0 Å². The zero-order valence-corrected chi connectivity index (χ0v) is 11.7. The number of benzene rings is 1. The molecule has 2 heterocycles. The molecular weight excluding hydrogens is 256 g/mol. The molecule has 0 saturated heterocycles. The molecule has 2 nitrogen and oxygen atoms in total. The third kappa shape index (κ3) is 2.09. The molecule has 0 fully saturated rings. The van der Waals surface area contributed by atoms with Crippen LogP contribution >= 0.6 is 0 Å². The van der Waals surface area contributed by atoms with Crippen molar-refractivity contribution in [3.63, 3.8) is 0 Å². The summed E-state index contributed by atoms with van der Waals surface area (Å²) in [6.45, 7) is 0. The number of rotatable bonds is 2. The van der Waals surface area contributed by atoms with Crippen LogP contribution in [-0.4, -0.2) is 9.38 Å². The minimum absolute atomic E-state index is 0.992. The Kier molecular flexibility index (Phi) is 2.93. The van der Waals surface area contributed by atoms with Gasteiger partial charge >= 0.3 is 0 Å². The Morgan fingerprint density at radius 2 is 1.76 bits per heavy atom. The van der Waals surface area contributed by atoms with Crippen LogP contribution in [0, 0.1) is 0 Å². The first-order valence-corrected chi connectivity index (χ1v) is 7.33. The van der Waals surface area contributed by atoms with E-state index >= 15 is 0 Å². The molecule has 1 aromatic carbocycles. The lowest BCUT2D eigenvalue weighted by Crippen LogP contribution is -1.92. The van der Waals surface area contributed by atoms with E-state index in [1.807, 2.05) is 12.1 Å². The van der Waals surface area contributed by atoms with E-state index in [-0.39, 0.29) is 0 Å². The number of allylic oxidation sites excluding steroid dienone is 4. The van der Waals surface area contributed by atoms with Crippen molar-refractivity contribution in [2.45, 2.75) is 12.8 Å². The van der Waals surface area contributed by atoms with E-state index < -0.39 is 0 Å². The Hall–Kier alpha value is -2.61. The van der Waals surface area contributed by atoms with Gasteiger partial charge in [0, 0.05) is 11.8 Å². The van der Waals surface area contributed by atoms with E-state index in [0.717, 1.165) is 24.2 Å². The first kappa shape index (κ1) is 12.2. The number of fused-ring (bicyclic) bond motifs is 1. The molecule has 0 saturated carbocycles. The molecule has 0 atom stereocenters. The van der Waals surface area contributed by atoms with Crippen LogP contribution in [0.4, 0.5) is 0 Å². The smallest absolute Gasteiger partial charge is 0.137 e. The Bertz CT molecular complexity index is 838. The van der Waals surface area contributed by atoms with Crippen molar-refractivity contribution in [3.05, 3.63) is 78.6 Å². The van der Waals surface area contributed by atoms with Crippen molar-refractivity contribution < 1.29 is 0 Å². The Balaban J connectivity index is 2.02. The zero-order valence-electron chi connectivity index (χ0n) is 11.7. The summed E-state index contributed by atoms with van der Waals surface area (Å²) in [5, 5.41) is 0. The number of imidazole rings is 1. The van der Waals surface area contributed by atoms with Crippen LogP contribution in [0.5, 0.6) is 0 Å². The maximum absolute atomic E-state index is 4.86. The molecule has 21 heavy (non-hydrogen) atoms. The minimum Gasteiger partial charge on any atom is -0.299 e. The van der Waals surface area contributed by atoms with Crippen LogP contribution in [0.1, 0.15) is 18.5 Å². The van der Waals surface area contributed by atoms with E-state index in [0.29, 0.717) is 0 Å². The van der Waals surface area contributed by atoms with Crippen molar-refractivity contribution in [3.8, 4) is 11.3 Å². The highest BCUT2D eigenvalue weighted by molar-refractivity contribution is 5.84. The van der Waals surface area contributed by atoms with Gasteiger partial charge in [0.1, 0.15) is 5.65 Å². The molecule has 0 aliphatic heterocycles. The highest BCUT2D eigenvalue weighted by atomic mass is 15.0. The van der Waals surface area contributed by atoms with Gasteiger partial charge in [-0.2, -0.15) is 0 Å². The number of nitrogens with zero attached hydrogens (tertiary/aromatic N) is 2. The number of pyridine rings is 1. The van der Waals surface area contributed by atoms with E-state index in [4.69, 9.17) is 4.98 Å². The lowest BCUT2D eigenvalue weighted by molar-refractivity contribution is 1.04. The SMILES string of the molecule is C1=CC(c2nc3ccccn3c2-c2ccccc2)=CCC1. The Labute approximate surface area is 124 Å². The lowest BCUT2D eigenvalue weighted by Gasteiger charge is -2.08. The Morgan fingerprint density at radius 1 is 0.905 bits per heavy atom. The average Bonchev–Trinajstić information content (AvgIpc) is 2.96. The molecule has 0 amide bonds. The second-order valence-corrected chi connectivity index (χ2v) is 5.24. The molecule has 3 aromatic rings. The van der Waals surface area contributed by atoms with Crippen LogP contribution in [0.25, 0.3) is 22.5 Å². The quantitative estimate of drug-likeness (QED) is 0.659. The second kappa shape index (κ2) is 5.06. The van der Waals surface area contributed by atoms with Gasteiger partial charge in [-0.1, -0.05) is 54.6 Å². The maximum atomic E-state index is 4.86. The number of hydrogen-bond acceptors (Lipinski definition) is 1.